The summed E-state index contributed by atoms with van der Waals surface area (Å²) < 4.78 is 24.2. The Morgan fingerprint density at radius 1 is 0.842 bits per heavy atom. The largest absolute Gasteiger partial charge is 0.493 e. The molecule has 0 atom stereocenters. The molecule has 200 valence electrons. The minimum atomic E-state index is -0.0285. The molecular weight excluding hydrogens is 482 g/mol. The third-order valence-corrected chi connectivity index (χ3v) is 6.30. The lowest BCUT2D eigenvalue weighted by atomic mass is 10.1. The van der Waals surface area contributed by atoms with E-state index in [9.17, 15) is 4.79 Å². The molecule has 1 amide bonds. The van der Waals surface area contributed by atoms with Crippen LogP contribution in [-0.4, -0.2) is 49.9 Å². The first-order valence-electron chi connectivity index (χ1n) is 12.8. The number of methoxy groups -OCH3 is 3. The lowest BCUT2D eigenvalue weighted by molar-refractivity contribution is -0.120. The summed E-state index contributed by atoms with van der Waals surface area (Å²) in [6.45, 7) is 1.93. The van der Waals surface area contributed by atoms with Gasteiger partial charge in [-0.3, -0.25) is 4.79 Å². The number of aromatic nitrogens is 2. The molecule has 4 rings (SSSR count). The monoisotopic (exact) mass is 517 g/mol. The van der Waals surface area contributed by atoms with E-state index in [1.54, 1.807) is 21.3 Å². The number of carbonyl (C=O) groups excluding carboxylic acids is 1. The highest BCUT2D eigenvalue weighted by atomic mass is 16.5. The average Bonchev–Trinajstić information content (AvgIpc) is 3.30. The molecule has 0 bridgehead atoms. The van der Waals surface area contributed by atoms with E-state index in [1.165, 1.54) is 0 Å². The van der Waals surface area contributed by atoms with Crippen LogP contribution < -0.4 is 24.3 Å². The molecule has 0 fully saturated rings. The maximum atomic E-state index is 12.5. The summed E-state index contributed by atoms with van der Waals surface area (Å²) in [4.78, 5) is 17.4. The normalized spacial score (nSPS) is 10.8. The Labute approximate surface area is 223 Å². The van der Waals surface area contributed by atoms with Crippen molar-refractivity contribution in [2.24, 2.45) is 0 Å². The Bertz CT molecular complexity index is 1350. The number of rotatable bonds is 14. The molecule has 0 saturated carbocycles. The number of aryl methyl sites for hydroxylation is 2. The van der Waals surface area contributed by atoms with Crippen LogP contribution in [-0.2, 0) is 24.2 Å². The van der Waals surface area contributed by atoms with Crippen molar-refractivity contribution >= 4 is 16.9 Å². The van der Waals surface area contributed by atoms with Crippen LogP contribution in [0.5, 0.6) is 23.0 Å². The van der Waals surface area contributed by atoms with Crippen LogP contribution in [0, 0.1) is 0 Å². The van der Waals surface area contributed by atoms with Gasteiger partial charge in [0.25, 0.3) is 0 Å². The van der Waals surface area contributed by atoms with Crippen LogP contribution in [0.4, 0.5) is 0 Å². The Hall–Kier alpha value is -4.20. The van der Waals surface area contributed by atoms with Crippen LogP contribution >= 0.6 is 0 Å². The summed E-state index contributed by atoms with van der Waals surface area (Å²) in [5.41, 5.74) is 2.96. The molecule has 0 radical (unpaired) electrons. The van der Waals surface area contributed by atoms with Crippen molar-refractivity contribution in [1.82, 2.24) is 14.9 Å². The molecular formula is C30H35N3O5. The Morgan fingerprint density at radius 3 is 2.34 bits per heavy atom. The fraction of sp³-hybridized carbons (Fsp3) is 0.333. The van der Waals surface area contributed by atoms with Gasteiger partial charge >= 0.3 is 0 Å². The number of para-hydroxylation sites is 4. The van der Waals surface area contributed by atoms with Crippen LogP contribution in [0.25, 0.3) is 11.0 Å². The van der Waals surface area contributed by atoms with Crippen LogP contribution in [0.3, 0.4) is 0 Å². The maximum Gasteiger partial charge on any atom is 0.224 e. The van der Waals surface area contributed by atoms with Crippen molar-refractivity contribution in [3.05, 3.63) is 78.1 Å². The van der Waals surface area contributed by atoms with Gasteiger partial charge < -0.3 is 28.8 Å². The molecule has 1 N–H and O–H groups in total. The standard InChI is InChI=1S/C30H35N3O5/c1-35-25-12-6-7-13-27(25)38-19-9-18-33-24-11-5-4-10-23(24)32-29(33)14-8-17-31-30(34)21-22-15-16-26(36-2)28(20-22)37-3/h4-7,10-13,15-16,20H,8-9,14,17-19,21H2,1-3H3,(H,31,34). The number of ether oxygens (including phenoxy) is 4. The smallest absolute Gasteiger partial charge is 0.224 e. The van der Waals surface area contributed by atoms with E-state index in [0.29, 0.717) is 24.7 Å². The van der Waals surface area contributed by atoms with Gasteiger partial charge in [-0.2, -0.15) is 0 Å². The van der Waals surface area contributed by atoms with E-state index in [0.717, 1.165) is 59.7 Å². The first kappa shape index (κ1) is 26.9. The highest BCUT2D eigenvalue weighted by molar-refractivity contribution is 5.79. The van der Waals surface area contributed by atoms with Gasteiger partial charge in [-0.05, 0) is 54.8 Å². The Morgan fingerprint density at radius 2 is 1.55 bits per heavy atom. The molecule has 0 aliphatic carbocycles. The highest BCUT2D eigenvalue weighted by Gasteiger charge is 2.12. The molecule has 0 aliphatic rings. The van der Waals surface area contributed by atoms with Gasteiger partial charge in [0.05, 0.1) is 45.4 Å². The predicted octanol–water partition coefficient (Wildman–Crippen LogP) is 4.82. The molecule has 4 aromatic rings. The summed E-state index contributed by atoms with van der Waals surface area (Å²) in [5, 5.41) is 3.02. The second kappa shape index (κ2) is 13.4. The molecule has 1 heterocycles. The Kier molecular flexibility index (Phi) is 9.45. The lowest BCUT2D eigenvalue weighted by Crippen LogP contribution is -2.26. The lowest BCUT2D eigenvalue weighted by Gasteiger charge is -2.12. The molecule has 38 heavy (non-hydrogen) atoms. The number of amides is 1. The second-order valence-corrected chi connectivity index (χ2v) is 8.84. The van der Waals surface area contributed by atoms with E-state index < -0.39 is 0 Å². The maximum absolute atomic E-state index is 12.5. The summed E-state index contributed by atoms with van der Waals surface area (Å²) in [7, 11) is 4.82. The first-order chi connectivity index (χ1) is 18.6. The van der Waals surface area contributed by atoms with E-state index in [-0.39, 0.29) is 12.3 Å². The van der Waals surface area contributed by atoms with Crippen molar-refractivity contribution in [2.45, 2.75) is 32.2 Å². The predicted molar refractivity (Wildman–Crippen MR) is 147 cm³/mol. The van der Waals surface area contributed by atoms with Gasteiger partial charge in [-0.1, -0.05) is 30.3 Å². The molecule has 8 nitrogen and oxygen atoms in total. The molecule has 8 heteroatoms. The van der Waals surface area contributed by atoms with Gasteiger partial charge in [0.2, 0.25) is 5.91 Å². The zero-order valence-electron chi connectivity index (χ0n) is 22.2. The summed E-state index contributed by atoms with van der Waals surface area (Å²) in [6.07, 6.45) is 2.66. The summed E-state index contributed by atoms with van der Waals surface area (Å²) in [6, 6.07) is 21.3. The van der Waals surface area contributed by atoms with E-state index in [2.05, 4.69) is 16.0 Å². The third kappa shape index (κ3) is 6.76. The van der Waals surface area contributed by atoms with Gasteiger partial charge in [-0.25, -0.2) is 4.98 Å². The van der Waals surface area contributed by atoms with Gasteiger partial charge in [0.1, 0.15) is 5.82 Å². The quantitative estimate of drug-likeness (QED) is 0.242. The minimum absolute atomic E-state index is 0.0285. The highest BCUT2D eigenvalue weighted by Crippen LogP contribution is 2.28. The molecule has 0 spiro atoms. The van der Waals surface area contributed by atoms with E-state index >= 15 is 0 Å². The van der Waals surface area contributed by atoms with Crippen LogP contribution in [0.2, 0.25) is 0 Å². The minimum Gasteiger partial charge on any atom is -0.493 e. The molecule has 0 unspecified atom stereocenters. The van der Waals surface area contributed by atoms with Crippen LogP contribution in [0.15, 0.2) is 66.7 Å². The number of imidazole rings is 1. The van der Waals surface area contributed by atoms with Gasteiger partial charge in [0, 0.05) is 19.5 Å². The van der Waals surface area contributed by atoms with Crippen molar-refractivity contribution in [3.8, 4) is 23.0 Å². The zero-order chi connectivity index (χ0) is 26.7. The first-order valence-corrected chi connectivity index (χ1v) is 12.8. The van der Waals surface area contributed by atoms with Crippen molar-refractivity contribution < 1.29 is 23.7 Å². The number of benzene rings is 3. The molecule has 3 aromatic carbocycles. The molecule has 0 aliphatic heterocycles. The Balaban J connectivity index is 1.29. The fourth-order valence-electron chi connectivity index (χ4n) is 4.42. The SMILES string of the molecule is COc1ccc(CC(=O)NCCCc2nc3ccccc3n2CCCOc2ccccc2OC)cc1OC. The number of nitrogens with zero attached hydrogens (tertiary/aromatic N) is 2. The topological polar surface area (TPSA) is 83.8 Å². The van der Waals surface area contributed by atoms with E-state index in [1.807, 2.05) is 60.7 Å². The average molecular weight is 518 g/mol. The van der Waals surface area contributed by atoms with E-state index in [4.69, 9.17) is 23.9 Å². The van der Waals surface area contributed by atoms with Crippen molar-refractivity contribution in [2.75, 3.05) is 34.5 Å². The number of nitrogens with one attached hydrogen (secondary N) is 1. The number of fused-ring (bicyclic) bond motifs is 1. The van der Waals surface area contributed by atoms with Gasteiger partial charge in [0.15, 0.2) is 23.0 Å². The van der Waals surface area contributed by atoms with Crippen molar-refractivity contribution in [1.29, 1.82) is 0 Å². The zero-order valence-corrected chi connectivity index (χ0v) is 22.2. The van der Waals surface area contributed by atoms with Crippen molar-refractivity contribution in [3.63, 3.8) is 0 Å². The summed E-state index contributed by atoms with van der Waals surface area (Å²) >= 11 is 0. The summed E-state index contributed by atoms with van der Waals surface area (Å²) in [5.74, 6) is 3.72. The molecule has 1 aromatic heterocycles. The third-order valence-electron chi connectivity index (χ3n) is 6.30. The van der Waals surface area contributed by atoms with Gasteiger partial charge in [-0.15, -0.1) is 0 Å². The molecule has 0 saturated heterocycles. The number of hydrogen-bond acceptors (Lipinski definition) is 6. The second-order valence-electron chi connectivity index (χ2n) is 8.84. The number of hydrogen-bond donors (Lipinski definition) is 1. The number of carbonyl (C=O) groups is 1. The van der Waals surface area contributed by atoms with Crippen LogP contribution in [0.1, 0.15) is 24.2 Å². The fourth-order valence-corrected chi connectivity index (χ4v) is 4.42.